The lowest BCUT2D eigenvalue weighted by Crippen LogP contribution is -2.36. The van der Waals surface area contributed by atoms with Crippen LogP contribution in [-0.4, -0.2) is 24.6 Å². The molecule has 0 amide bonds. The minimum absolute atomic E-state index is 0.0885. The van der Waals surface area contributed by atoms with Gasteiger partial charge in [0.15, 0.2) is 0 Å². The van der Waals surface area contributed by atoms with Crippen LogP contribution in [0, 0.1) is 11.8 Å². The second-order valence-electron chi connectivity index (χ2n) is 6.72. The predicted molar refractivity (Wildman–Crippen MR) is 94.5 cm³/mol. The molecule has 5 heteroatoms. The molecule has 0 radical (unpaired) electrons. The van der Waals surface area contributed by atoms with Crippen LogP contribution < -0.4 is 9.47 Å². The average molecular weight is 348 g/mol. The monoisotopic (exact) mass is 348 g/mol. The SMILES string of the molecule is CCCOC(=O)C1CCCCC1C(=O)Oc1ccc(OC(C)C)cc1. The van der Waals surface area contributed by atoms with E-state index in [0.29, 0.717) is 25.2 Å². The van der Waals surface area contributed by atoms with Crippen LogP contribution in [0.15, 0.2) is 24.3 Å². The Morgan fingerprint density at radius 1 is 1.00 bits per heavy atom. The van der Waals surface area contributed by atoms with Gasteiger partial charge in [0.25, 0.3) is 0 Å². The van der Waals surface area contributed by atoms with Crippen LogP contribution in [0.2, 0.25) is 0 Å². The fourth-order valence-corrected chi connectivity index (χ4v) is 3.06. The van der Waals surface area contributed by atoms with Gasteiger partial charge in [0, 0.05) is 0 Å². The maximum atomic E-state index is 12.6. The molecule has 1 aliphatic carbocycles. The van der Waals surface area contributed by atoms with Crippen molar-refractivity contribution in [3.63, 3.8) is 0 Å². The van der Waals surface area contributed by atoms with Crippen molar-refractivity contribution in [2.45, 2.75) is 59.0 Å². The topological polar surface area (TPSA) is 61.8 Å². The van der Waals surface area contributed by atoms with E-state index < -0.39 is 11.8 Å². The van der Waals surface area contributed by atoms with E-state index in [1.165, 1.54) is 0 Å². The summed E-state index contributed by atoms with van der Waals surface area (Å²) in [5.41, 5.74) is 0. The molecular weight excluding hydrogens is 320 g/mol. The summed E-state index contributed by atoms with van der Waals surface area (Å²) >= 11 is 0. The average Bonchev–Trinajstić information content (AvgIpc) is 2.61. The van der Waals surface area contributed by atoms with Crippen molar-refractivity contribution in [1.29, 1.82) is 0 Å². The summed E-state index contributed by atoms with van der Waals surface area (Å²) < 4.78 is 16.3. The van der Waals surface area contributed by atoms with Crippen molar-refractivity contribution in [3.05, 3.63) is 24.3 Å². The first kappa shape index (κ1) is 19.3. The number of carbonyl (C=O) groups excluding carboxylic acids is 2. The van der Waals surface area contributed by atoms with E-state index in [0.717, 1.165) is 25.0 Å². The summed E-state index contributed by atoms with van der Waals surface area (Å²) in [4.78, 5) is 24.8. The first-order valence-electron chi connectivity index (χ1n) is 9.16. The molecule has 2 rings (SSSR count). The van der Waals surface area contributed by atoms with E-state index in [1.807, 2.05) is 20.8 Å². The second kappa shape index (κ2) is 9.44. The third-order valence-corrected chi connectivity index (χ3v) is 4.23. The van der Waals surface area contributed by atoms with Gasteiger partial charge in [0.05, 0.1) is 24.5 Å². The van der Waals surface area contributed by atoms with Gasteiger partial charge in [-0.05, 0) is 57.4 Å². The lowest BCUT2D eigenvalue weighted by Gasteiger charge is -2.28. The number of esters is 2. The standard InChI is InChI=1S/C20H28O5/c1-4-13-23-19(21)17-7-5-6-8-18(17)20(22)25-16-11-9-15(10-12-16)24-14(2)3/h9-12,14,17-18H,4-8,13H2,1-3H3. The van der Waals surface area contributed by atoms with Gasteiger partial charge >= 0.3 is 11.9 Å². The van der Waals surface area contributed by atoms with Crippen molar-refractivity contribution in [1.82, 2.24) is 0 Å². The highest BCUT2D eigenvalue weighted by Gasteiger charge is 2.38. The molecule has 5 nitrogen and oxygen atoms in total. The van der Waals surface area contributed by atoms with Crippen LogP contribution >= 0.6 is 0 Å². The van der Waals surface area contributed by atoms with Crippen LogP contribution in [0.3, 0.4) is 0 Å². The minimum atomic E-state index is -0.426. The normalized spacial score (nSPS) is 20.2. The molecule has 0 aliphatic heterocycles. The summed E-state index contributed by atoms with van der Waals surface area (Å²) in [5.74, 6) is -0.248. The molecule has 0 saturated heterocycles. The van der Waals surface area contributed by atoms with E-state index in [4.69, 9.17) is 14.2 Å². The molecular formula is C20H28O5. The molecule has 0 bridgehead atoms. The first-order chi connectivity index (χ1) is 12.0. The van der Waals surface area contributed by atoms with Gasteiger partial charge in [0.1, 0.15) is 11.5 Å². The molecule has 1 aromatic rings. The molecule has 0 aromatic heterocycles. The lowest BCUT2D eigenvalue weighted by molar-refractivity contribution is -0.158. The van der Waals surface area contributed by atoms with Crippen LogP contribution in [0.4, 0.5) is 0 Å². The van der Waals surface area contributed by atoms with Gasteiger partial charge in [-0.15, -0.1) is 0 Å². The molecule has 1 aromatic carbocycles. The Morgan fingerprint density at radius 2 is 1.56 bits per heavy atom. The van der Waals surface area contributed by atoms with Crippen molar-refractivity contribution in [2.24, 2.45) is 11.8 Å². The molecule has 2 unspecified atom stereocenters. The minimum Gasteiger partial charge on any atom is -0.491 e. The van der Waals surface area contributed by atoms with Gasteiger partial charge in [-0.3, -0.25) is 9.59 Å². The highest BCUT2D eigenvalue weighted by molar-refractivity contribution is 5.83. The number of rotatable bonds is 7. The molecule has 1 fully saturated rings. The van der Waals surface area contributed by atoms with E-state index in [-0.39, 0.29) is 18.0 Å². The third-order valence-electron chi connectivity index (χ3n) is 4.23. The Balaban J connectivity index is 1.98. The third kappa shape index (κ3) is 5.76. The van der Waals surface area contributed by atoms with E-state index in [9.17, 15) is 9.59 Å². The molecule has 1 saturated carbocycles. The molecule has 25 heavy (non-hydrogen) atoms. The molecule has 1 aliphatic rings. The Hall–Kier alpha value is -2.04. The Morgan fingerprint density at radius 3 is 2.12 bits per heavy atom. The molecule has 138 valence electrons. The maximum absolute atomic E-state index is 12.6. The number of benzene rings is 1. The number of ether oxygens (including phenoxy) is 3. The predicted octanol–water partition coefficient (Wildman–Crippen LogP) is 4.14. The summed E-state index contributed by atoms with van der Waals surface area (Å²) in [5, 5.41) is 0. The highest BCUT2D eigenvalue weighted by Crippen LogP contribution is 2.32. The first-order valence-corrected chi connectivity index (χ1v) is 9.16. The Labute approximate surface area is 149 Å². The fraction of sp³-hybridized carbons (Fsp3) is 0.600. The van der Waals surface area contributed by atoms with Crippen molar-refractivity contribution in [3.8, 4) is 11.5 Å². The molecule has 0 N–H and O–H groups in total. The van der Waals surface area contributed by atoms with E-state index in [1.54, 1.807) is 24.3 Å². The van der Waals surface area contributed by atoms with Crippen molar-refractivity contribution < 1.29 is 23.8 Å². The van der Waals surface area contributed by atoms with E-state index >= 15 is 0 Å². The van der Waals surface area contributed by atoms with Crippen LogP contribution in [0.1, 0.15) is 52.9 Å². The zero-order valence-electron chi connectivity index (χ0n) is 15.3. The quantitative estimate of drug-likeness (QED) is 0.547. The molecule has 0 spiro atoms. The molecule has 0 heterocycles. The summed E-state index contributed by atoms with van der Waals surface area (Å²) in [6.07, 6.45) is 4.09. The largest absolute Gasteiger partial charge is 0.491 e. The van der Waals surface area contributed by atoms with Crippen molar-refractivity contribution >= 4 is 11.9 Å². The zero-order valence-corrected chi connectivity index (χ0v) is 15.3. The Kier molecular flexibility index (Phi) is 7.29. The molecule has 2 atom stereocenters. The zero-order chi connectivity index (χ0) is 18.2. The smallest absolute Gasteiger partial charge is 0.315 e. The number of carbonyl (C=O) groups is 2. The fourth-order valence-electron chi connectivity index (χ4n) is 3.06. The van der Waals surface area contributed by atoms with Crippen LogP contribution in [-0.2, 0) is 14.3 Å². The van der Waals surface area contributed by atoms with Crippen LogP contribution in [0.5, 0.6) is 11.5 Å². The number of hydrogen-bond donors (Lipinski definition) is 0. The second-order valence-corrected chi connectivity index (χ2v) is 6.72. The van der Waals surface area contributed by atoms with Crippen molar-refractivity contribution in [2.75, 3.05) is 6.61 Å². The summed E-state index contributed by atoms with van der Waals surface area (Å²) in [6, 6.07) is 6.97. The lowest BCUT2D eigenvalue weighted by atomic mass is 9.79. The van der Waals surface area contributed by atoms with Crippen LogP contribution in [0.25, 0.3) is 0 Å². The summed E-state index contributed by atoms with van der Waals surface area (Å²) in [6.45, 7) is 6.25. The van der Waals surface area contributed by atoms with Gasteiger partial charge < -0.3 is 14.2 Å². The van der Waals surface area contributed by atoms with Gasteiger partial charge in [-0.1, -0.05) is 19.8 Å². The van der Waals surface area contributed by atoms with Gasteiger partial charge in [0.2, 0.25) is 0 Å². The number of hydrogen-bond acceptors (Lipinski definition) is 5. The Bertz CT molecular complexity index is 564. The maximum Gasteiger partial charge on any atom is 0.315 e. The van der Waals surface area contributed by atoms with E-state index in [2.05, 4.69) is 0 Å². The summed E-state index contributed by atoms with van der Waals surface area (Å²) in [7, 11) is 0. The van der Waals surface area contributed by atoms with Gasteiger partial charge in [-0.2, -0.15) is 0 Å². The highest BCUT2D eigenvalue weighted by atomic mass is 16.5. The van der Waals surface area contributed by atoms with Gasteiger partial charge in [-0.25, -0.2) is 0 Å².